The van der Waals surface area contributed by atoms with Gasteiger partial charge in [0.1, 0.15) is 11.4 Å². The molecule has 168 valence electrons. The molecular weight excluding hydrogens is 388 g/mol. The summed E-state index contributed by atoms with van der Waals surface area (Å²) in [6.07, 6.45) is 2.30. The van der Waals surface area contributed by atoms with Crippen molar-refractivity contribution >= 4 is 5.91 Å². The molecule has 31 heavy (non-hydrogen) atoms. The molecule has 1 aromatic carbocycles. The van der Waals surface area contributed by atoms with Gasteiger partial charge in [0.2, 0.25) is 0 Å². The zero-order valence-electron chi connectivity index (χ0n) is 19.4. The van der Waals surface area contributed by atoms with E-state index in [9.17, 15) is 4.79 Å². The number of nitrogens with zero attached hydrogens (tertiary/aromatic N) is 4. The van der Waals surface area contributed by atoms with E-state index >= 15 is 0 Å². The Morgan fingerprint density at radius 3 is 2.71 bits per heavy atom. The molecule has 0 N–H and O–H groups in total. The molecule has 3 rings (SSSR count). The number of benzene rings is 1. The lowest BCUT2D eigenvalue weighted by Crippen LogP contribution is -2.44. The number of pyridine rings is 1. The molecule has 0 radical (unpaired) electrons. The minimum absolute atomic E-state index is 0.0346. The van der Waals surface area contributed by atoms with Crippen LogP contribution in [0.15, 0.2) is 42.5 Å². The van der Waals surface area contributed by atoms with Gasteiger partial charge in [0.05, 0.1) is 7.11 Å². The van der Waals surface area contributed by atoms with Crippen molar-refractivity contribution in [3.05, 3.63) is 59.4 Å². The van der Waals surface area contributed by atoms with Gasteiger partial charge in [-0.1, -0.05) is 24.3 Å². The number of piperidine rings is 1. The predicted octanol–water partition coefficient (Wildman–Crippen LogP) is 3.31. The number of hydrogen-bond donors (Lipinski definition) is 0. The first kappa shape index (κ1) is 23.2. The van der Waals surface area contributed by atoms with E-state index in [0.717, 1.165) is 57.0 Å². The molecular formula is C25H36N4O2. The third-order valence-electron chi connectivity index (χ3n) is 5.88. The molecule has 1 aliphatic heterocycles. The zero-order valence-corrected chi connectivity index (χ0v) is 19.4. The van der Waals surface area contributed by atoms with Gasteiger partial charge in [0, 0.05) is 44.0 Å². The summed E-state index contributed by atoms with van der Waals surface area (Å²) in [6.45, 7) is 7.21. The number of para-hydroxylation sites is 1. The molecule has 1 fully saturated rings. The van der Waals surface area contributed by atoms with Crippen molar-refractivity contribution < 1.29 is 9.53 Å². The summed E-state index contributed by atoms with van der Waals surface area (Å²) in [5.41, 5.74) is 2.63. The SMILES string of the molecule is COc1ccccc1CN1CCCC(CN(CCN(C)C)C(=O)c2cccc(C)n2)C1. The Hall–Kier alpha value is -2.44. The Labute approximate surface area is 186 Å². The molecule has 1 aliphatic rings. The van der Waals surface area contributed by atoms with E-state index in [1.54, 1.807) is 7.11 Å². The molecule has 0 spiro atoms. The fourth-order valence-corrected chi connectivity index (χ4v) is 4.25. The summed E-state index contributed by atoms with van der Waals surface area (Å²) in [5, 5.41) is 0. The molecule has 0 aliphatic carbocycles. The minimum Gasteiger partial charge on any atom is -0.496 e. The number of likely N-dealkylation sites (tertiary alicyclic amines) is 1. The van der Waals surface area contributed by atoms with E-state index in [1.165, 1.54) is 5.56 Å². The van der Waals surface area contributed by atoms with Crippen LogP contribution >= 0.6 is 0 Å². The largest absolute Gasteiger partial charge is 0.496 e. The van der Waals surface area contributed by atoms with Gasteiger partial charge in [-0.3, -0.25) is 9.69 Å². The lowest BCUT2D eigenvalue weighted by Gasteiger charge is -2.36. The number of ether oxygens (including phenoxy) is 1. The van der Waals surface area contributed by atoms with Crippen molar-refractivity contribution in [3.63, 3.8) is 0 Å². The number of carbonyl (C=O) groups is 1. The van der Waals surface area contributed by atoms with Gasteiger partial charge in [-0.25, -0.2) is 4.98 Å². The first-order valence-electron chi connectivity index (χ1n) is 11.2. The van der Waals surface area contributed by atoms with Crippen LogP contribution in [0.2, 0.25) is 0 Å². The second-order valence-corrected chi connectivity index (χ2v) is 8.77. The Morgan fingerprint density at radius 2 is 1.97 bits per heavy atom. The van der Waals surface area contributed by atoms with E-state index in [1.807, 2.05) is 56.3 Å². The first-order chi connectivity index (χ1) is 15.0. The Balaban J connectivity index is 1.67. The number of amides is 1. The predicted molar refractivity (Wildman–Crippen MR) is 124 cm³/mol. The molecule has 1 unspecified atom stereocenters. The van der Waals surface area contributed by atoms with Crippen LogP contribution < -0.4 is 4.74 Å². The summed E-state index contributed by atoms with van der Waals surface area (Å²) in [4.78, 5) is 24.3. The Bertz CT molecular complexity index is 855. The molecule has 2 heterocycles. The average molecular weight is 425 g/mol. The van der Waals surface area contributed by atoms with Gasteiger partial charge >= 0.3 is 0 Å². The molecule has 6 heteroatoms. The highest BCUT2D eigenvalue weighted by atomic mass is 16.5. The van der Waals surface area contributed by atoms with Crippen LogP contribution in [0.25, 0.3) is 0 Å². The quantitative estimate of drug-likeness (QED) is 0.618. The van der Waals surface area contributed by atoms with E-state index in [0.29, 0.717) is 18.2 Å². The Morgan fingerprint density at radius 1 is 1.16 bits per heavy atom. The maximum Gasteiger partial charge on any atom is 0.272 e. The highest BCUT2D eigenvalue weighted by Crippen LogP contribution is 2.24. The summed E-state index contributed by atoms with van der Waals surface area (Å²) >= 11 is 0. The van der Waals surface area contributed by atoms with Crippen LogP contribution in [0.1, 0.15) is 34.6 Å². The van der Waals surface area contributed by atoms with Crippen molar-refractivity contribution in [3.8, 4) is 5.75 Å². The molecule has 1 atom stereocenters. The van der Waals surface area contributed by atoms with Crippen LogP contribution in [0.4, 0.5) is 0 Å². The maximum absolute atomic E-state index is 13.3. The van der Waals surface area contributed by atoms with Crippen molar-refractivity contribution in [1.29, 1.82) is 0 Å². The monoisotopic (exact) mass is 424 g/mol. The van der Waals surface area contributed by atoms with Gasteiger partial charge in [-0.15, -0.1) is 0 Å². The van der Waals surface area contributed by atoms with Crippen molar-refractivity contribution in [1.82, 2.24) is 19.7 Å². The number of aryl methyl sites for hydroxylation is 1. The van der Waals surface area contributed by atoms with Crippen LogP contribution in [-0.2, 0) is 6.54 Å². The van der Waals surface area contributed by atoms with Crippen LogP contribution in [0, 0.1) is 12.8 Å². The van der Waals surface area contributed by atoms with Gasteiger partial charge in [0.25, 0.3) is 5.91 Å². The highest BCUT2D eigenvalue weighted by Gasteiger charge is 2.26. The summed E-state index contributed by atoms with van der Waals surface area (Å²) < 4.78 is 5.53. The number of hydrogen-bond acceptors (Lipinski definition) is 5. The molecule has 1 aromatic heterocycles. The lowest BCUT2D eigenvalue weighted by atomic mass is 9.96. The number of rotatable bonds is 9. The smallest absolute Gasteiger partial charge is 0.272 e. The second kappa shape index (κ2) is 11.3. The van der Waals surface area contributed by atoms with Crippen molar-refractivity contribution in [2.45, 2.75) is 26.3 Å². The second-order valence-electron chi connectivity index (χ2n) is 8.77. The van der Waals surface area contributed by atoms with E-state index < -0.39 is 0 Å². The van der Waals surface area contributed by atoms with E-state index in [-0.39, 0.29) is 5.91 Å². The molecule has 2 aromatic rings. The normalized spacial score (nSPS) is 17.0. The number of methoxy groups -OCH3 is 1. The molecule has 1 amide bonds. The lowest BCUT2D eigenvalue weighted by molar-refractivity contribution is 0.0654. The van der Waals surface area contributed by atoms with Gasteiger partial charge < -0.3 is 14.5 Å². The average Bonchev–Trinajstić information content (AvgIpc) is 2.76. The zero-order chi connectivity index (χ0) is 22.2. The number of carbonyl (C=O) groups excluding carboxylic acids is 1. The third-order valence-corrected chi connectivity index (χ3v) is 5.88. The van der Waals surface area contributed by atoms with E-state index in [2.05, 4.69) is 26.9 Å². The molecule has 1 saturated heterocycles. The molecule has 0 saturated carbocycles. The fraction of sp³-hybridized carbons (Fsp3) is 0.520. The molecule has 0 bridgehead atoms. The summed E-state index contributed by atoms with van der Waals surface area (Å²) in [5.74, 6) is 1.43. The molecule has 6 nitrogen and oxygen atoms in total. The fourth-order valence-electron chi connectivity index (χ4n) is 4.25. The van der Waals surface area contributed by atoms with Crippen LogP contribution in [0.3, 0.4) is 0 Å². The summed E-state index contributed by atoms with van der Waals surface area (Å²) in [7, 11) is 5.82. The highest BCUT2D eigenvalue weighted by molar-refractivity contribution is 5.92. The van der Waals surface area contributed by atoms with Gasteiger partial charge in [-0.05, 0) is 64.5 Å². The first-order valence-corrected chi connectivity index (χ1v) is 11.2. The maximum atomic E-state index is 13.3. The number of likely N-dealkylation sites (N-methyl/N-ethyl adjacent to an activating group) is 1. The third kappa shape index (κ3) is 6.77. The number of aromatic nitrogens is 1. The minimum atomic E-state index is 0.0346. The summed E-state index contributed by atoms with van der Waals surface area (Å²) in [6, 6.07) is 13.9. The van der Waals surface area contributed by atoms with Gasteiger partial charge in [-0.2, -0.15) is 0 Å². The van der Waals surface area contributed by atoms with Crippen LogP contribution in [0.5, 0.6) is 5.75 Å². The standard InChI is InChI=1S/C25H36N4O2/c1-20-9-7-12-23(26-20)25(30)29(16-15-27(2)3)18-21-10-8-14-28(17-21)19-22-11-5-6-13-24(22)31-4/h5-7,9,11-13,21H,8,10,14-19H2,1-4H3. The van der Waals surface area contributed by atoms with Crippen LogP contribution in [-0.4, -0.2) is 79.5 Å². The topological polar surface area (TPSA) is 48.9 Å². The Kier molecular flexibility index (Phi) is 8.43. The van der Waals surface area contributed by atoms with E-state index in [4.69, 9.17) is 4.74 Å². The van der Waals surface area contributed by atoms with Crippen molar-refractivity contribution in [2.24, 2.45) is 5.92 Å². The van der Waals surface area contributed by atoms with Gasteiger partial charge in [0.15, 0.2) is 0 Å². The van der Waals surface area contributed by atoms with Crippen molar-refractivity contribution in [2.75, 3.05) is 53.9 Å².